The molecule has 0 atom stereocenters. The molecule has 0 aliphatic heterocycles. The molecule has 0 aliphatic rings. The second kappa shape index (κ2) is 7.97. The molecule has 0 unspecified atom stereocenters. The van der Waals surface area contributed by atoms with Gasteiger partial charge >= 0.3 is 5.97 Å². The van der Waals surface area contributed by atoms with Gasteiger partial charge in [0.2, 0.25) is 11.1 Å². The number of carbonyl (C=O) groups is 2. The number of esters is 1. The molecule has 3 aromatic rings. The first kappa shape index (κ1) is 18.5. The van der Waals surface area contributed by atoms with E-state index in [9.17, 15) is 14.4 Å². The highest BCUT2D eigenvalue weighted by molar-refractivity contribution is 6.30. The summed E-state index contributed by atoms with van der Waals surface area (Å²) in [5.41, 5.74) is 0.670. The Morgan fingerprint density at radius 3 is 2.41 bits per heavy atom. The number of ketones is 1. The summed E-state index contributed by atoms with van der Waals surface area (Å²) in [5, 5.41) is 4.60. The van der Waals surface area contributed by atoms with Crippen LogP contribution in [0.5, 0.6) is 0 Å². The first-order valence-electron chi connectivity index (χ1n) is 8.08. The Bertz CT molecular complexity index is 1040. The molecule has 0 fully saturated rings. The van der Waals surface area contributed by atoms with Gasteiger partial charge in [-0.25, -0.2) is 9.48 Å². The normalized spacial score (nSPS) is 10.4. The van der Waals surface area contributed by atoms with E-state index < -0.39 is 23.8 Å². The number of carbonyl (C=O) groups excluding carboxylic acids is 2. The fourth-order valence-corrected chi connectivity index (χ4v) is 2.56. The number of hydrogen-bond donors (Lipinski definition) is 0. The first-order valence-corrected chi connectivity index (χ1v) is 8.46. The van der Waals surface area contributed by atoms with E-state index in [1.807, 2.05) is 18.2 Å². The van der Waals surface area contributed by atoms with Crippen molar-refractivity contribution in [2.75, 3.05) is 6.61 Å². The van der Waals surface area contributed by atoms with E-state index in [4.69, 9.17) is 16.3 Å². The number of hydrogen-bond acceptors (Lipinski definition) is 5. The third-order valence-electron chi connectivity index (χ3n) is 3.80. The standard InChI is InChI=1S/C20H15ClN2O4/c1-13-11-17(24)19(22-23(13)16-5-3-2-4-6-16)20(26)27-12-18(25)14-7-9-15(21)10-8-14/h2-11H,12H2,1H3. The summed E-state index contributed by atoms with van der Waals surface area (Å²) in [6, 6.07) is 16.6. The minimum atomic E-state index is -0.952. The second-order valence-electron chi connectivity index (χ2n) is 5.75. The number of aromatic nitrogens is 2. The molecule has 1 heterocycles. The van der Waals surface area contributed by atoms with Gasteiger partial charge < -0.3 is 4.74 Å². The van der Waals surface area contributed by atoms with Gasteiger partial charge in [0.15, 0.2) is 12.4 Å². The Morgan fingerprint density at radius 2 is 1.74 bits per heavy atom. The quantitative estimate of drug-likeness (QED) is 0.500. The molecule has 0 saturated heterocycles. The molecule has 0 spiro atoms. The van der Waals surface area contributed by atoms with Crippen LogP contribution in [-0.4, -0.2) is 28.1 Å². The molecule has 0 radical (unpaired) electrons. The van der Waals surface area contributed by atoms with Crippen molar-refractivity contribution in [3.63, 3.8) is 0 Å². The summed E-state index contributed by atoms with van der Waals surface area (Å²) in [6.07, 6.45) is 0. The van der Waals surface area contributed by atoms with Crippen LogP contribution in [0.25, 0.3) is 5.69 Å². The number of para-hydroxylation sites is 1. The molecule has 0 amide bonds. The topological polar surface area (TPSA) is 78.3 Å². The molecule has 0 saturated carbocycles. The van der Waals surface area contributed by atoms with Gasteiger partial charge in [0.05, 0.1) is 5.69 Å². The van der Waals surface area contributed by atoms with Gasteiger partial charge in [0.1, 0.15) is 0 Å². The molecule has 0 aliphatic carbocycles. The van der Waals surface area contributed by atoms with Gasteiger partial charge in [0.25, 0.3) is 0 Å². The molecular formula is C20H15ClN2O4. The highest BCUT2D eigenvalue weighted by atomic mass is 35.5. The van der Waals surface area contributed by atoms with Crippen molar-refractivity contribution >= 4 is 23.4 Å². The van der Waals surface area contributed by atoms with Gasteiger partial charge in [-0.3, -0.25) is 9.59 Å². The largest absolute Gasteiger partial charge is 0.452 e. The van der Waals surface area contributed by atoms with Crippen molar-refractivity contribution in [3.8, 4) is 5.69 Å². The maximum absolute atomic E-state index is 12.3. The van der Waals surface area contributed by atoms with Gasteiger partial charge in [-0.05, 0) is 43.3 Å². The van der Waals surface area contributed by atoms with E-state index in [0.29, 0.717) is 22.0 Å². The minimum Gasteiger partial charge on any atom is -0.452 e. The van der Waals surface area contributed by atoms with Crippen molar-refractivity contribution in [2.45, 2.75) is 6.92 Å². The summed E-state index contributed by atoms with van der Waals surface area (Å²) in [6.45, 7) is 1.21. The molecular weight excluding hydrogens is 368 g/mol. The fourth-order valence-electron chi connectivity index (χ4n) is 2.44. The van der Waals surface area contributed by atoms with Crippen LogP contribution in [0.2, 0.25) is 5.02 Å². The molecule has 7 heteroatoms. The van der Waals surface area contributed by atoms with E-state index in [-0.39, 0.29) is 5.69 Å². The van der Waals surface area contributed by atoms with Crippen molar-refractivity contribution in [1.29, 1.82) is 0 Å². The van der Waals surface area contributed by atoms with Crippen LogP contribution in [-0.2, 0) is 4.74 Å². The third kappa shape index (κ3) is 4.30. The van der Waals surface area contributed by atoms with Crippen LogP contribution in [0, 0.1) is 6.92 Å². The number of rotatable bonds is 5. The number of nitrogens with zero attached hydrogens (tertiary/aromatic N) is 2. The van der Waals surface area contributed by atoms with Crippen LogP contribution < -0.4 is 5.43 Å². The highest BCUT2D eigenvalue weighted by Gasteiger charge is 2.18. The predicted octanol–water partition coefficient (Wildman–Crippen LogP) is 3.23. The zero-order valence-electron chi connectivity index (χ0n) is 14.4. The van der Waals surface area contributed by atoms with Gasteiger partial charge in [0, 0.05) is 22.3 Å². The lowest BCUT2D eigenvalue weighted by Crippen LogP contribution is -2.25. The van der Waals surface area contributed by atoms with Crippen molar-refractivity contribution in [2.24, 2.45) is 0 Å². The van der Waals surface area contributed by atoms with E-state index in [1.54, 1.807) is 31.2 Å². The zero-order chi connectivity index (χ0) is 19.4. The smallest absolute Gasteiger partial charge is 0.363 e. The first-order chi connectivity index (χ1) is 13.0. The molecule has 27 heavy (non-hydrogen) atoms. The van der Waals surface area contributed by atoms with Gasteiger partial charge in [-0.15, -0.1) is 0 Å². The number of aryl methyl sites for hydroxylation is 1. The molecule has 1 aromatic heterocycles. The summed E-state index contributed by atoms with van der Waals surface area (Å²) in [5.74, 6) is -1.36. The number of Topliss-reactive ketones (excluding diaryl/α,β-unsaturated/α-hetero) is 1. The van der Waals surface area contributed by atoms with Crippen molar-refractivity contribution < 1.29 is 14.3 Å². The maximum atomic E-state index is 12.3. The average molecular weight is 383 g/mol. The van der Waals surface area contributed by atoms with Crippen LogP contribution in [0.4, 0.5) is 0 Å². The minimum absolute atomic E-state index is 0.353. The molecule has 0 bridgehead atoms. The lowest BCUT2D eigenvalue weighted by Gasteiger charge is -2.10. The SMILES string of the molecule is Cc1cc(=O)c(C(=O)OCC(=O)c2ccc(Cl)cc2)nn1-c1ccccc1. The van der Waals surface area contributed by atoms with Crippen molar-refractivity contribution in [1.82, 2.24) is 9.78 Å². The average Bonchev–Trinajstić information content (AvgIpc) is 2.67. The van der Waals surface area contributed by atoms with Crippen molar-refractivity contribution in [3.05, 3.63) is 92.9 Å². The van der Waals surface area contributed by atoms with Crippen LogP contribution >= 0.6 is 11.6 Å². The monoisotopic (exact) mass is 382 g/mol. The predicted molar refractivity (Wildman–Crippen MR) is 101 cm³/mol. The lowest BCUT2D eigenvalue weighted by molar-refractivity contribution is 0.0465. The lowest BCUT2D eigenvalue weighted by atomic mass is 10.1. The Hall–Kier alpha value is -3.25. The summed E-state index contributed by atoms with van der Waals surface area (Å²) < 4.78 is 6.46. The second-order valence-corrected chi connectivity index (χ2v) is 6.19. The van der Waals surface area contributed by atoms with Crippen LogP contribution in [0.15, 0.2) is 65.5 Å². The Labute approximate surface area is 160 Å². The fraction of sp³-hybridized carbons (Fsp3) is 0.100. The van der Waals surface area contributed by atoms with Crippen LogP contribution in [0.3, 0.4) is 0 Å². The molecule has 136 valence electrons. The molecule has 3 rings (SSSR count). The Morgan fingerprint density at radius 1 is 1.07 bits per heavy atom. The van der Waals surface area contributed by atoms with Gasteiger partial charge in [-0.2, -0.15) is 5.10 Å². The summed E-state index contributed by atoms with van der Waals surface area (Å²) in [7, 11) is 0. The number of benzene rings is 2. The van der Waals surface area contributed by atoms with Crippen LogP contribution in [0.1, 0.15) is 26.5 Å². The van der Waals surface area contributed by atoms with E-state index in [0.717, 1.165) is 0 Å². The Kier molecular flexibility index (Phi) is 5.47. The molecule has 0 N–H and O–H groups in total. The van der Waals surface area contributed by atoms with E-state index in [2.05, 4.69) is 5.10 Å². The third-order valence-corrected chi connectivity index (χ3v) is 4.05. The zero-order valence-corrected chi connectivity index (χ0v) is 15.1. The number of ether oxygens (including phenoxy) is 1. The highest BCUT2D eigenvalue weighted by Crippen LogP contribution is 2.11. The summed E-state index contributed by atoms with van der Waals surface area (Å²) >= 11 is 5.78. The van der Waals surface area contributed by atoms with E-state index in [1.165, 1.54) is 22.9 Å². The van der Waals surface area contributed by atoms with E-state index >= 15 is 0 Å². The van der Waals surface area contributed by atoms with Gasteiger partial charge in [-0.1, -0.05) is 29.8 Å². The molecule has 2 aromatic carbocycles. The summed E-state index contributed by atoms with van der Waals surface area (Å²) in [4.78, 5) is 36.5. The maximum Gasteiger partial charge on any atom is 0.363 e. The molecule has 6 nitrogen and oxygen atoms in total. The Balaban J connectivity index is 1.79. The number of halogens is 1.